The highest BCUT2D eigenvalue weighted by molar-refractivity contribution is 5.99. The van der Waals surface area contributed by atoms with Crippen molar-refractivity contribution in [2.24, 2.45) is 5.73 Å². The summed E-state index contributed by atoms with van der Waals surface area (Å²) in [6.45, 7) is 1.58. The van der Waals surface area contributed by atoms with E-state index in [1.165, 1.54) is 6.07 Å². The van der Waals surface area contributed by atoms with E-state index < -0.39 is 23.7 Å². The second-order valence-electron chi connectivity index (χ2n) is 5.28. The number of primary amides is 1. The summed E-state index contributed by atoms with van der Waals surface area (Å²) in [4.78, 5) is 34.7. The minimum atomic E-state index is -0.941. The van der Waals surface area contributed by atoms with E-state index >= 15 is 0 Å². The van der Waals surface area contributed by atoms with E-state index in [4.69, 9.17) is 5.73 Å². The zero-order chi connectivity index (χ0) is 18.4. The largest absolute Gasteiger partial charge is 0.366 e. The molecule has 0 heterocycles. The average molecular weight is 344 g/mol. The molecule has 0 aliphatic heterocycles. The van der Waals surface area contributed by atoms with Gasteiger partial charge in [-0.1, -0.05) is 12.1 Å². The number of aryl methyl sites for hydroxylation is 1. The Morgan fingerprint density at radius 3 is 2.44 bits per heavy atom. The van der Waals surface area contributed by atoms with Gasteiger partial charge in [0.25, 0.3) is 5.91 Å². The molecular weight excluding hydrogens is 327 g/mol. The smallest absolute Gasteiger partial charge is 0.319 e. The van der Waals surface area contributed by atoms with Gasteiger partial charge in [-0.3, -0.25) is 9.59 Å². The Morgan fingerprint density at radius 2 is 1.76 bits per heavy atom. The van der Waals surface area contributed by atoms with Gasteiger partial charge in [0.05, 0.1) is 12.1 Å². The van der Waals surface area contributed by atoms with E-state index in [1.54, 1.807) is 18.2 Å². The molecule has 0 fully saturated rings. The molecule has 0 atom stereocenters. The van der Waals surface area contributed by atoms with Crippen LogP contribution in [0.15, 0.2) is 42.5 Å². The number of nitrogens with one attached hydrogen (secondary N) is 3. The molecular formula is C17H17FN4O3. The molecule has 130 valence electrons. The number of halogens is 1. The first-order valence-electron chi connectivity index (χ1n) is 7.36. The lowest BCUT2D eigenvalue weighted by Gasteiger charge is -2.09. The number of hydrogen-bond acceptors (Lipinski definition) is 3. The van der Waals surface area contributed by atoms with Crippen molar-refractivity contribution < 1.29 is 18.8 Å². The van der Waals surface area contributed by atoms with Gasteiger partial charge in [0.1, 0.15) is 5.82 Å². The summed E-state index contributed by atoms with van der Waals surface area (Å²) >= 11 is 0. The normalized spacial score (nSPS) is 10.0. The quantitative estimate of drug-likeness (QED) is 0.665. The van der Waals surface area contributed by atoms with Gasteiger partial charge in [-0.05, 0) is 42.8 Å². The fourth-order valence-corrected chi connectivity index (χ4v) is 2.06. The first-order chi connectivity index (χ1) is 11.8. The second-order valence-corrected chi connectivity index (χ2v) is 5.28. The van der Waals surface area contributed by atoms with Gasteiger partial charge < -0.3 is 21.7 Å². The number of anilines is 2. The predicted octanol–water partition coefficient (Wildman–Crippen LogP) is 1.99. The molecule has 0 radical (unpaired) electrons. The van der Waals surface area contributed by atoms with E-state index in [1.807, 2.05) is 13.0 Å². The molecule has 2 aromatic rings. The van der Waals surface area contributed by atoms with E-state index in [-0.39, 0.29) is 17.8 Å². The Labute approximate surface area is 143 Å². The third kappa shape index (κ3) is 5.31. The van der Waals surface area contributed by atoms with Gasteiger partial charge in [-0.25, -0.2) is 9.18 Å². The number of urea groups is 1. The van der Waals surface area contributed by atoms with Crippen LogP contribution in [-0.2, 0) is 4.79 Å². The van der Waals surface area contributed by atoms with E-state index in [0.717, 1.165) is 17.7 Å². The molecule has 2 rings (SSSR count). The number of nitrogens with two attached hydrogens (primary N) is 1. The van der Waals surface area contributed by atoms with Crippen molar-refractivity contribution in [2.45, 2.75) is 6.92 Å². The number of carbonyl (C=O) groups excluding carboxylic acids is 3. The fraction of sp³-hybridized carbons (Fsp3) is 0.118. The van der Waals surface area contributed by atoms with Gasteiger partial charge in [-0.15, -0.1) is 0 Å². The van der Waals surface area contributed by atoms with Crippen LogP contribution in [0.3, 0.4) is 0 Å². The molecule has 0 unspecified atom stereocenters. The van der Waals surface area contributed by atoms with Crippen LogP contribution in [0.2, 0.25) is 0 Å². The van der Waals surface area contributed by atoms with Crippen LogP contribution in [0.4, 0.5) is 20.6 Å². The Hall–Kier alpha value is -3.42. The van der Waals surface area contributed by atoms with Crippen LogP contribution >= 0.6 is 0 Å². The second kappa shape index (κ2) is 7.91. The van der Waals surface area contributed by atoms with Crippen molar-refractivity contribution >= 4 is 29.2 Å². The molecule has 2 aromatic carbocycles. The van der Waals surface area contributed by atoms with Gasteiger partial charge in [0.15, 0.2) is 0 Å². The molecule has 0 spiro atoms. The first kappa shape index (κ1) is 17.9. The lowest BCUT2D eigenvalue weighted by atomic mass is 10.2. The van der Waals surface area contributed by atoms with Crippen molar-refractivity contribution in [3.63, 3.8) is 0 Å². The summed E-state index contributed by atoms with van der Waals surface area (Å²) in [5.41, 5.74) is 6.49. The highest BCUT2D eigenvalue weighted by Gasteiger charge is 2.11. The molecule has 0 aromatic heterocycles. The van der Waals surface area contributed by atoms with Crippen LogP contribution in [0, 0.1) is 12.7 Å². The number of amides is 4. The predicted molar refractivity (Wildman–Crippen MR) is 91.7 cm³/mol. The van der Waals surface area contributed by atoms with Crippen molar-refractivity contribution in [1.82, 2.24) is 5.32 Å². The molecule has 7 nitrogen and oxygen atoms in total. The zero-order valence-electron chi connectivity index (χ0n) is 13.4. The molecule has 8 heteroatoms. The lowest BCUT2D eigenvalue weighted by Crippen LogP contribution is -2.35. The van der Waals surface area contributed by atoms with Crippen LogP contribution in [0.1, 0.15) is 15.9 Å². The van der Waals surface area contributed by atoms with E-state index in [9.17, 15) is 18.8 Å². The summed E-state index contributed by atoms with van der Waals surface area (Å²) in [6.07, 6.45) is 0. The van der Waals surface area contributed by atoms with Crippen molar-refractivity contribution in [1.29, 1.82) is 0 Å². The number of carbonyl (C=O) groups is 3. The molecule has 25 heavy (non-hydrogen) atoms. The van der Waals surface area contributed by atoms with Crippen molar-refractivity contribution in [3.05, 3.63) is 59.4 Å². The Kier molecular flexibility index (Phi) is 5.67. The molecule has 5 N–H and O–H groups in total. The highest BCUT2D eigenvalue weighted by Crippen LogP contribution is 2.14. The van der Waals surface area contributed by atoms with Gasteiger partial charge in [-0.2, -0.15) is 0 Å². The van der Waals surface area contributed by atoms with Gasteiger partial charge >= 0.3 is 6.03 Å². The third-order valence-electron chi connectivity index (χ3n) is 3.20. The molecule has 4 amide bonds. The Balaban J connectivity index is 1.87. The van der Waals surface area contributed by atoms with Gasteiger partial charge in [0.2, 0.25) is 5.91 Å². The molecule has 0 aliphatic carbocycles. The van der Waals surface area contributed by atoms with Crippen LogP contribution in [-0.4, -0.2) is 24.4 Å². The van der Waals surface area contributed by atoms with Crippen LogP contribution < -0.4 is 21.7 Å². The summed E-state index contributed by atoms with van der Waals surface area (Å²) < 4.78 is 13.4. The maximum Gasteiger partial charge on any atom is 0.319 e. The van der Waals surface area contributed by atoms with Crippen molar-refractivity contribution in [2.75, 3.05) is 17.2 Å². The summed E-state index contributed by atoms with van der Waals surface area (Å²) in [5.74, 6) is -2.26. The minimum absolute atomic E-state index is 0.195. The Morgan fingerprint density at radius 1 is 1.04 bits per heavy atom. The van der Waals surface area contributed by atoms with Crippen molar-refractivity contribution in [3.8, 4) is 0 Å². The monoisotopic (exact) mass is 344 g/mol. The van der Waals surface area contributed by atoms with E-state index in [0.29, 0.717) is 5.69 Å². The standard InChI is InChI=1S/C17H17FN4O3/c1-10-3-2-4-11(7-10)22-17(25)20-9-15(23)21-12-5-6-14(18)13(8-12)16(19)24/h2-8H,9H2,1H3,(H2,19,24)(H,21,23)(H2,20,22,25). The Bertz CT molecular complexity index is 823. The highest BCUT2D eigenvalue weighted by atomic mass is 19.1. The molecule has 0 saturated heterocycles. The summed E-state index contributed by atoms with van der Waals surface area (Å²) in [6, 6.07) is 10.1. The van der Waals surface area contributed by atoms with E-state index in [2.05, 4.69) is 16.0 Å². The number of rotatable bonds is 5. The molecule has 0 bridgehead atoms. The fourth-order valence-electron chi connectivity index (χ4n) is 2.06. The lowest BCUT2D eigenvalue weighted by molar-refractivity contribution is -0.115. The van der Waals surface area contributed by atoms with Crippen LogP contribution in [0.5, 0.6) is 0 Å². The van der Waals surface area contributed by atoms with Gasteiger partial charge in [0, 0.05) is 11.4 Å². The number of hydrogen-bond donors (Lipinski definition) is 4. The topological polar surface area (TPSA) is 113 Å². The minimum Gasteiger partial charge on any atom is -0.366 e. The number of benzene rings is 2. The zero-order valence-corrected chi connectivity index (χ0v) is 13.4. The third-order valence-corrected chi connectivity index (χ3v) is 3.20. The molecule has 0 aliphatic rings. The summed E-state index contributed by atoms with van der Waals surface area (Å²) in [7, 11) is 0. The molecule has 0 saturated carbocycles. The SMILES string of the molecule is Cc1cccc(NC(=O)NCC(=O)Nc2ccc(F)c(C(N)=O)c2)c1. The maximum absolute atomic E-state index is 13.4. The first-order valence-corrected chi connectivity index (χ1v) is 7.36. The average Bonchev–Trinajstić information content (AvgIpc) is 2.54. The summed E-state index contributed by atoms with van der Waals surface area (Å²) in [5, 5.41) is 7.42. The maximum atomic E-state index is 13.4. The van der Waals surface area contributed by atoms with Crippen LogP contribution in [0.25, 0.3) is 0 Å².